The molecule has 0 unspecified atom stereocenters. The lowest BCUT2D eigenvalue weighted by atomic mass is 10.0. The Morgan fingerprint density at radius 1 is 1.00 bits per heavy atom. The fourth-order valence-corrected chi connectivity index (χ4v) is 2.22. The van der Waals surface area contributed by atoms with Gasteiger partial charge in [0.05, 0.1) is 5.52 Å². The van der Waals surface area contributed by atoms with Crippen LogP contribution in [0.3, 0.4) is 0 Å². The van der Waals surface area contributed by atoms with Gasteiger partial charge in [-0.25, -0.2) is 0 Å². The monoisotopic (exact) mass is 283 g/mol. The lowest BCUT2D eigenvalue weighted by molar-refractivity contribution is 1.07. The minimum Gasteiger partial charge on any atom is -0.150 e. The molecule has 0 aliphatic rings. The van der Waals surface area contributed by atoms with E-state index in [4.69, 9.17) is 0 Å². The van der Waals surface area contributed by atoms with E-state index < -0.39 is 0 Å². The quantitative estimate of drug-likeness (QED) is 0.678. The Hall–Kier alpha value is -1.74. The van der Waals surface area contributed by atoms with Crippen LogP contribution in [0, 0.1) is 6.20 Å². The molecule has 3 heteroatoms. The second-order valence-electron chi connectivity index (χ2n) is 3.71. The van der Waals surface area contributed by atoms with Gasteiger partial charge in [0.2, 0.25) is 0 Å². The Labute approximate surface area is 107 Å². The van der Waals surface area contributed by atoms with E-state index in [-0.39, 0.29) is 0 Å². The van der Waals surface area contributed by atoms with E-state index in [9.17, 15) is 0 Å². The number of fused-ring (bicyclic) bond motifs is 1. The van der Waals surface area contributed by atoms with Gasteiger partial charge in [0, 0.05) is 15.4 Å². The summed E-state index contributed by atoms with van der Waals surface area (Å²) in [6.45, 7) is 0. The fourth-order valence-electron chi connectivity index (χ4n) is 1.83. The largest absolute Gasteiger partial charge is 0.150 e. The Morgan fingerprint density at radius 3 is 2.76 bits per heavy atom. The predicted octanol–water partition coefficient (Wildman–Crippen LogP) is 3.86. The molecule has 17 heavy (non-hydrogen) atoms. The van der Waals surface area contributed by atoms with Crippen molar-refractivity contribution in [2.24, 2.45) is 0 Å². The fraction of sp³-hybridized carbons (Fsp3) is 0. The summed E-state index contributed by atoms with van der Waals surface area (Å²) in [6, 6.07) is 16.1. The summed E-state index contributed by atoms with van der Waals surface area (Å²) < 4.78 is 1.05. The summed E-state index contributed by atoms with van der Waals surface area (Å²) in [5, 5.41) is 9.07. The summed E-state index contributed by atoms with van der Waals surface area (Å²) in [7, 11) is 0. The highest BCUT2D eigenvalue weighted by Gasteiger charge is 2.05. The van der Waals surface area contributed by atoms with Crippen molar-refractivity contribution in [2.75, 3.05) is 0 Å². The van der Waals surface area contributed by atoms with Crippen molar-refractivity contribution in [1.29, 1.82) is 0 Å². The summed E-state index contributed by atoms with van der Waals surface area (Å²) in [5.74, 6) is 0. The number of rotatable bonds is 1. The van der Waals surface area contributed by atoms with Gasteiger partial charge >= 0.3 is 0 Å². The lowest BCUT2D eigenvalue weighted by Crippen LogP contribution is -1.88. The van der Waals surface area contributed by atoms with E-state index in [0.717, 1.165) is 26.5 Å². The number of hydrogen-bond acceptors (Lipinski definition) is 2. The van der Waals surface area contributed by atoms with E-state index in [1.54, 1.807) is 0 Å². The molecule has 81 valence electrons. The molecule has 1 radical (unpaired) electrons. The van der Waals surface area contributed by atoms with Crippen LogP contribution in [0.5, 0.6) is 0 Å². The van der Waals surface area contributed by atoms with E-state index in [1.807, 2.05) is 42.5 Å². The van der Waals surface area contributed by atoms with Gasteiger partial charge in [-0.2, -0.15) is 0 Å². The van der Waals surface area contributed by atoms with E-state index >= 15 is 0 Å². The van der Waals surface area contributed by atoms with Gasteiger partial charge in [0.1, 0.15) is 6.20 Å². The number of halogens is 1. The highest BCUT2D eigenvalue weighted by Crippen LogP contribution is 2.27. The van der Waals surface area contributed by atoms with Crippen molar-refractivity contribution in [3.05, 3.63) is 59.2 Å². The molecular formula is C14H8BrN2. The highest BCUT2D eigenvalue weighted by atomic mass is 79.9. The van der Waals surface area contributed by atoms with Crippen molar-refractivity contribution in [2.45, 2.75) is 0 Å². The molecule has 1 heterocycles. The van der Waals surface area contributed by atoms with Gasteiger partial charge in [-0.15, -0.1) is 10.2 Å². The van der Waals surface area contributed by atoms with Gasteiger partial charge in [-0.05, 0) is 23.8 Å². The SMILES string of the molecule is Brc1cccc(-c2[c]nnc3ccccc23)c1. The zero-order valence-electron chi connectivity index (χ0n) is 8.89. The maximum Gasteiger partial charge on any atom is 0.122 e. The molecule has 0 spiro atoms. The van der Waals surface area contributed by atoms with Crippen LogP contribution in [0.1, 0.15) is 0 Å². The van der Waals surface area contributed by atoms with Crippen LogP contribution in [-0.4, -0.2) is 10.2 Å². The van der Waals surface area contributed by atoms with Gasteiger partial charge < -0.3 is 0 Å². The Kier molecular flexibility index (Phi) is 2.61. The Bertz CT molecular complexity index is 674. The molecule has 0 aliphatic carbocycles. The number of benzene rings is 2. The average Bonchev–Trinajstić information content (AvgIpc) is 2.38. The number of hydrogen-bond donors (Lipinski definition) is 0. The molecule has 0 N–H and O–H groups in total. The third-order valence-corrected chi connectivity index (χ3v) is 3.10. The third kappa shape index (κ3) is 1.94. The molecule has 2 aromatic carbocycles. The lowest BCUT2D eigenvalue weighted by Gasteiger charge is -2.04. The highest BCUT2D eigenvalue weighted by molar-refractivity contribution is 9.10. The normalized spacial score (nSPS) is 10.6. The molecule has 0 saturated heterocycles. The topological polar surface area (TPSA) is 25.8 Å². The minimum absolute atomic E-state index is 0.890. The zero-order valence-corrected chi connectivity index (χ0v) is 10.5. The van der Waals surface area contributed by atoms with Crippen LogP contribution in [-0.2, 0) is 0 Å². The van der Waals surface area contributed by atoms with E-state index in [1.165, 1.54) is 0 Å². The van der Waals surface area contributed by atoms with Crippen molar-refractivity contribution in [3.63, 3.8) is 0 Å². The standard InChI is InChI=1S/C14H8BrN2/c15-11-5-3-4-10(8-11)13-9-16-17-14-7-2-1-6-12(13)14/h1-8H. The summed E-state index contributed by atoms with van der Waals surface area (Å²) in [4.78, 5) is 0. The molecular weight excluding hydrogens is 276 g/mol. The van der Waals surface area contributed by atoms with Crippen LogP contribution in [0.25, 0.3) is 22.0 Å². The molecule has 0 bridgehead atoms. The summed E-state index contributed by atoms with van der Waals surface area (Å²) in [5.41, 5.74) is 2.96. The Morgan fingerprint density at radius 2 is 1.88 bits per heavy atom. The van der Waals surface area contributed by atoms with Gasteiger partial charge in [0.25, 0.3) is 0 Å². The minimum atomic E-state index is 0.890. The maximum atomic E-state index is 4.07. The van der Waals surface area contributed by atoms with Gasteiger partial charge in [-0.1, -0.05) is 46.3 Å². The van der Waals surface area contributed by atoms with Crippen molar-refractivity contribution >= 4 is 26.8 Å². The van der Waals surface area contributed by atoms with Crippen LogP contribution >= 0.6 is 15.9 Å². The van der Waals surface area contributed by atoms with E-state index in [2.05, 4.69) is 38.4 Å². The second kappa shape index (κ2) is 4.26. The molecule has 3 rings (SSSR count). The first-order chi connectivity index (χ1) is 8.34. The third-order valence-electron chi connectivity index (χ3n) is 2.61. The summed E-state index contributed by atoms with van der Waals surface area (Å²) >= 11 is 3.47. The maximum absolute atomic E-state index is 4.07. The van der Waals surface area contributed by atoms with E-state index in [0.29, 0.717) is 0 Å². The molecule has 0 atom stereocenters. The number of nitrogens with zero attached hydrogens (tertiary/aromatic N) is 2. The van der Waals surface area contributed by atoms with Gasteiger partial charge in [-0.3, -0.25) is 0 Å². The van der Waals surface area contributed by atoms with Crippen molar-refractivity contribution in [1.82, 2.24) is 10.2 Å². The molecule has 2 nitrogen and oxygen atoms in total. The van der Waals surface area contributed by atoms with Crippen LogP contribution in [0.2, 0.25) is 0 Å². The van der Waals surface area contributed by atoms with Crippen LogP contribution < -0.4 is 0 Å². The Balaban J connectivity index is 2.30. The summed E-state index contributed by atoms with van der Waals surface area (Å²) in [6.07, 6.45) is 2.97. The van der Waals surface area contributed by atoms with Gasteiger partial charge in [0.15, 0.2) is 0 Å². The molecule has 0 amide bonds. The first-order valence-electron chi connectivity index (χ1n) is 5.23. The molecule has 1 aromatic heterocycles. The predicted molar refractivity (Wildman–Crippen MR) is 71.5 cm³/mol. The second-order valence-corrected chi connectivity index (χ2v) is 4.63. The van der Waals surface area contributed by atoms with Crippen molar-refractivity contribution < 1.29 is 0 Å². The first kappa shape index (κ1) is 10.4. The number of aromatic nitrogens is 2. The molecule has 0 fully saturated rings. The first-order valence-corrected chi connectivity index (χ1v) is 6.03. The molecule has 0 aliphatic heterocycles. The van der Waals surface area contributed by atoms with Crippen LogP contribution in [0.4, 0.5) is 0 Å². The smallest absolute Gasteiger partial charge is 0.122 e. The average molecular weight is 284 g/mol. The molecule has 3 aromatic rings. The zero-order chi connectivity index (χ0) is 11.7. The van der Waals surface area contributed by atoms with Crippen molar-refractivity contribution in [3.8, 4) is 11.1 Å². The molecule has 0 saturated carbocycles. The van der Waals surface area contributed by atoms with Crippen LogP contribution in [0.15, 0.2) is 53.0 Å².